The summed E-state index contributed by atoms with van der Waals surface area (Å²) in [6.45, 7) is 2.34. The lowest BCUT2D eigenvalue weighted by atomic mass is 10.1. The molecule has 0 saturated carbocycles. The number of rotatable bonds is 7. The summed E-state index contributed by atoms with van der Waals surface area (Å²) in [5.41, 5.74) is 6.11. The molecule has 0 aliphatic rings. The summed E-state index contributed by atoms with van der Waals surface area (Å²) in [5.74, 6) is -0.943. The number of carboxylic acid groups (broad SMARTS) is 1. The normalized spacial score (nSPS) is 12.1. The number of carboxylic acids is 1. The standard InChI is InChI=1S/C16H17FN6O3/c1-9(11-6-10(17)7-19-15(11)26-5-3-18)21-13-2-4-23-14(22-13)12(8-20-23)16(24)25/h2,4,6-9H,3,5,18H2,1H3,(H,21,22)(H,24,25). The second-order valence-corrected chi connectivity index (χ2v) is 5.50. The highest BCUT2D eigenvalue weighted by Gasteiger charge is 2.17. The molecule has 0 saturated heterocycles. The molecule has 136 valence electrons. The van der Waals surface area contributed by atoms with Crippen LogP contribution in [0.1, 0.15) is 28.9 Å². The molecule has 0 aliphatic carbocycles. The molecule has 1 unspecified atom stereocenters. The van der Waals surface area contributed by atoms with Crippen molar-refractivity contribution in [3.05, 3.63) is 47.7 Å². The highest BCUT2D eigenvalue weighted by atomic mass is 19.1. The Kier molecular flexibility index (Phi) is 4.94. The van der Waals surface area contributed by atoms with Crippen LogP contribution in [0.3, 0.4) is 0 Å². The van der Waals surface area contributed by atoms with E-state index in [2.05, 4.69) is 20.4 Å². The lowest BCUT2D eigenvalue weighted by Gasteiger charge is -2.18. The second kappa shape index (κ2) is 7.31. The van der Waals surface area contributed by atoms with Crippen molar-refractivity contribution in [1.82, 2.24) is 19.6 Å². The molecular weight excluding hydrogens is 343 g/mol. The fourth-order valence-electron chi connectivity index (χ4n) is 2.43. The molecule has 3 aromatic rings. The van der Waals surface area contributed by atoms with Gasteiger partial charge in [-0.05, 0) is 19.1 Å². The Morgan fingerprint density at radius 2 is 2.31 bits per heavy atom. The first-order valence-corrected chi connectivity index (χ1v) is 7.82. The molecule has 0 aromatic carbocycles. The van der Waals surface area contributed by atoms with Crippen LogP contribution in [0, 0.1) is 5.82 Å². The molecule has 26 heavy (non-hydrogen) atoms. The Labute approximate surface area is 147 Å². The van der Waals surface area contributed by atoms with Gasteiger partial charge >= 0.3 is 5.97 Å². The van der Waals surface area contributed by atoms with Crippen molar-refractivity contribution in [2.24, 2.45) is 5.73 Å². The number of ether oxygens (including phenoxy) is 1. The number of pyridine rings is 1. The summed E-state index contributed by atoms with van der Waals surface area (Å²) < 4.78 is 20.4. The maximum atomic E-state index is 13.6. The molecule has 9 nitrogen and oxygen atoms in total. The van der Waals surface area contributed by atoms with Gasteiger partial charge in [0.1, 0.15) is 23.8 Å². The summed E-state index contributed by atoms with van der Waals surface area (Å²) in [5, 5.41) is 16.2. The zero-order chi connectivity index (χ0) is 18.7. The summed E-state index contributed by atoms with van der Waals surface area (Å²) >= 11 is 0. The monoisotopic (exact) mass is 360 g/mol. The van der Waals surface area contributed by atoms with E-state index in [-0.39, 0.29) is 23.7 Å². The first kappa shape index (κ1) is 17.5. The van der Waals surface area contributed by atoms with Crippen LogP contribution in [-0.2, 0) is 0 Å². The molecular formula is C16H17FN6O3. The van der Waals surface area contributed by atoms with Crippen LogP contribution in [0.2, 0.25) is 0 Å². The number of carbonyl (C=O) groups is 1. The molecule has 0 aliphatic heterocycles. The van der Waals surface area contributed by atoms with E-state index >= 15 is 0 Å². The SMILES string of the molecule is CC(Nc1ccn2ncc(C(=O)O)c2n1)c1cc(F)cnc1OCCN. The van der Waals surface area contributed by atoms with E-state index in [0.717, 1.165) is 6.20 Å². The molecule has 0 fully saturated rings. The van der Waals surface area contributed by atoms with E-state index in [1.54, 1.807) is 19.2 Å². The van der Waals surface area contributed by atoms with Crippen LogP contribution in [0.4, 0.5) is 10.2 Å². The van der Waals surface area contributed by atoms with Gasteiger partial charge < -0.3 is 20.9 Å². The van der Waals surface area contributed by atoms with E-state index in [1.165, 1.54) is 16.8 Å². The average Bonchev–Trinajstić information content (AvgIpc) is 3.04. The van der Waals surface area contributed by atoms with Crippen molar-refractivity contribution in [3.8, 4) is 5.88 Å². The van der Waals surface area contributed by atoms with Crippen molar-refractivity contribution in [3.63, 3.8) is 0 Å². The number of aromatic carboxylic acids is 1. The van der Waals surface area contributed by atoms with Crippen LogP contribution in [-0.4, -0.2) is 43.8 Å². The van der Waals surface area contributed by atoms with Gasteiger partial charge in [-0.25, -0.2) is 23.7 Å². The molecule has 1 atom stereocenters. The van der Waals surface area contributed by atoms with E-state index < -0.39 is 17.8 Å². The smallest absolute Gasteiger partial charge is 0.341 e. The van der Waals surface area contributed by atoms with Crippen LogP contribution >= 0.6 is 0 Å². The van der Waals surface area contributed by atoms with Crippen molar-refractivity contribution < 1.29 is 19.0 Å². The number of hydrogen-bond acceptors (Lipinski definition) is 7. The molecule has 0 radical (unpaired) electrons. The Morgan fingerprint density at radius 1 is 1.50 bits per heavy atom. The average molecular weight is 360 g/mol. The predicted octanol–water partition coefficient (Wildman–Crippen LogP) is 1.47. The summed E-state index contributed by atoms with van der Waals surface area (Å²) in [7, 11) is 0. The lowest BCUT2D eigenvalue weighted by Crippen LogP contribution is -2.15. The molecule has 0 amide bonds. The van der Waals surface area contributed by atoms with Gasteiger partial charge in [0.15, 0.2) is 5.65 Å². The minimum atomic E-state index is -1.12. The van der Waals surface area contributed by atoms with Crippen molar-refractivity contribution in [2.75, 3.05) is 18.5 Å². The Morgan fingerprint density at radius 3 is 3.04 bits per heavy atom. The van der Waals surface area contributed by atoms with Gasteiger partial charge in [-0.1, -0.05) is 0 Å². The zero-order valence-corrected chi connectivity index (χ0v) is 13.9. The van der Waals surface area contributed by atoms with Crippen molar-refractivity contribution >= 4 is 17.4 Å². The molecule has 3 heterocycles. The van der Waals surface area contributed by atoms with Crippen LogP contribution in [0.5, 0.6) is 5.88 Å². The number of hydrogen-bond donors (Lipinski definition) is 3. The maximum absolute atomic E-state index is 13.6. The highest BCUT2D eigenvalue weighted by Crippen LogP contribution is 2.26. The third-order valence-electron chi connectivity index (χ3n) is 3.63. The summed E-state index contributed by atoms with van der Waals surface area (Å²) in [4.78, 5) is 19.4. The largest absolute Gasteiger partial charge is 0.477 e. The maximum Gasteiger partial charge on any atom is 0.341 e. The van der Waals surface area contributed by atoms with Crippen molar-refractivity contribution in [1.29, 1.82) is 0 Å². The van der Waals surface area contributed by atoms with Gasteiger partial charge in [-0.2, -0.15) is 5.10 Å². The van der Waals surface area contributed by atoms with Gasteiger partial charge in [-0.3, -0.25) is 0 Å². The molecule has 0 spiro atoms. The third kappa shape index (κ3) is 3.54. The summed E-state index contributed by atoms with van der Waals surface area (Å²) in [6.07, 6.45) is 3.88. The number of nitrogens with two attached hydrogens (primary N) is 1. The molecule has 4 N–H and O–H groups in total. The number of halogens is 1. The first-order valence-electron chi connectivity index (χ1n) is 7.82. The number of nitrogens with one attached hydrogen (secondary N) is 1. The molecule has 3 aromatic heterocycles. The number of anilines is 1. The van der Waals surface area contributed by atoms with E-state index in [4.69, 9.17) is 10.5 Å². The quantitative estimate of drug-likeness (QED) is 0.578. The Balaban J connectivity index is 1.89. The number of nitrogens with zero attached hydrogens (tertiary/aromatic N) is 4. The predicted molar refractivity (Wildman–Crippen MR) is 90.7 cm³/mol. The van der Waals surface area contributed by atoms with Crippen molar-refractivity contribution in [2.45, 2.75) is 13.0 Å². The van der Waals surface area contributed by atoms with Crippen LogP contribution < -0.4 is 15.8 Å². The number of aromatic nitrogens is 4. The first-order chi connectivity index (χ1) is 12.5. The lowest BCUT2D eigenvalue weighted by molar-refractivity contribution is 0.0698. The minimum Gasteiger partial charge on any atom is -0.477 e. The second-order valence-electron chi connectivity index (χ2n) is 5.50. The molecule has 3 rings (SSSR count). The van der Waals surface area contributed by atoms with Crippen LogP contribution in [0.15, 0.2) is 30.7 Å². The molecule has 0 bridgehead atoms. The zero-order valence-electron chi connectivity index (χ0n) is 13.9. The fourth-order valence-corrected chi connectivity index (χ4v) is 2.43. The topological polar surface area (TPSA) is 128 Å². The minimum absolute atomic E-state index is 0.0132. The highest BCUT2D eigenvalue weighted by molar-refractivity contribution is 5.94. The fraction of sp³-hybridized carbons (Fsp3) is 0.250. The van der Waals surface area contributed by atoms with Gasteiger partial charge in [0, 0.05) is 18.3 Å². The molecule has 10 heteroatoms. The third-order valence-corrected chi connectivity index (χ3v) is 3.63. The van der Waals surface area contributed by atoms with E-state index in [9.17, 15) is 14.3 Å². The Hall–Kier alpha value is -3.27. The number of fused-ring (bicyclic) bond motifs is 1. The van der Waals surface area contributed by atoms with Gasteiger partial charge in [0.2, 0.25) is 5.88 Å². The summed E-state index contributed by atoms with van der Waals surface area (Å²) in [6, 6.07) is 2.54. The van der Waals surface area contributed by atoms with Gasteiger partial charge in [-0.15, -0.1) is 0 Å². The van der Waals surface area contributed by atoms with Gasteiger partial charge in [0.05, 0.1) is 18.4 Å². The van der Waals surface area contributed by atoms with Crippen LogP contribution in [0.25, 0.3) is 5.65 Å². The van der Waals surface area contributed by atoms with E-state index in [1.807, 2.05) is 0 Å². The van der Waals surface area contributed by atoms with Gasteiger partial charge in [0.25, 0.3) is 0 Å². The van der Waals surface area contributed by atoms with E-state index in [0.29, 0.717) is 17.9 Å². The Bertz CT molecular complexity index is 945.